The second-order valence-corrected chi connectivity index (χ2v) is 7.54. The van der Waals surface area contributed by atoms with Crippen molar-refractivity contribution in [3.05, 3.63) is 84.2 Å². The minimum Gasteiger partial charge on any atom is -1.00 e. The summed E-state index contributed by atoms with van der Waals surface area (Å²) in [6, 6.07) is 21.2. The molecule has 0 radical (unpaired) electrons. The first-order valence-corrected chi connectivity index (χ1v) is 10.2. The highest BCUT2D eigenvalue weighted by Gasteiger charge is 2.18. The normalized spacial score (nSPS) is 11.0. The molecule has 0 N–H and O–H groups in total. The molecule has 0 saturated carbocycles. The largest absolute Gasteiger partial charge is 1.00 e. The van der Waals surface area contributed by atoms with Crippen molar-refractivity contribution in [2.45, 2.75) is 13.5 Å². The molecule has 4 nitrogen and oxygen atoms in total. The van der Waals surface area contributed by atoms with Gasteiger partial charge in [-0.05, 0) is 48.4 Å². The molecule has 4 rings (SSSR count). The van der Waals surface area contributed by atoms with Gasteiger partial charge in [-0.2, -0.15) is 0 Å². The fourth-order valence-corrected chi connectivity index (χ4v) is 3.69. The summed E-state index contributed by atoms with van der Waals surface area (Å²) in [6.45, 7) is 3.07. The number of imidazole rings is 1. The number of fused-ring (bicyclic) bond motifs is 1. The second kappa shape index (κ2) is 10.0. The van der Waals surface area contributed by atoms with E-state index in [1.54, 1.807) is 7.11 Å². The van der Waals surface area contributed by atoms with E-state index < -0.39 is 0 Å². The molecule has 2 aromatic heterocycles. The number of nitrogens with zero attached hydrogens (tertiary/aromatic N) is 3. The number of aromatic nitrogens is 2. The monoisotopic (exact) mass is 525 g/mol. The molecule has 5 heteroatoms. The van der Waals surface area contributed by atoms with Gasteiger partial charge in [-0.25, -0.2) is 8.97 Å². The lowest BCUT2D eigenvalue weighted by Gasteiger charge is -2.11. The van der Waals surface area contributed by atoms with Crippen LogP contribution in [0.15, 0.2) is 73.1 Å². The number of hydrogen-bond acceptors (Lipinski definition) is 2. The number of halogens is 1. The maximum absolute atomic E-state index is 5.41. The van der Waals surface area contributed by atoms with Crippen LogP contribution in [0.5, 0.6) is 5.75 Å². The number of pyridine rings is 1. The number of methoxy groups -OCH3 is 1. The van der Waals surface area contributed by atoms with Crippen LogP contribution in [0.4, 0.5) is 5.69 Å². The summed E-state index contributed by atoms with van der Waals surface area (Å²) >= 11 is 0. The third-order valence-corrected chi connectivity index (χ3v) is 5.38. The molecule has 0 spiro atoms. The molecule has 2 aromatic carbocycles. The molecule has 0 aliphatic heterocycles. The SMILES string of the molecule is CCn1c(-c2cccc(OC)c2)c[n+]2ccc(/C=C/c3ccc(N(C)C)cc3)cc12.[I-]. The minimum absolute atomic E-state index is 0. The average molecular weight is 525 g/mol. The molecule has 0 atom stereocenters. The van der Waals surface area contributed by atoms with E-state index >= 15 is 0 Å². The highest BCUT2D eigenvalue weighted by atomic mass is 127. The van der Waals surface area contributed by atoms with Crippen molar-refractivity contribution in [3.8, 4) is 17.0 Å². The molecule has 0 unspecified atom stereocenters. The van der Waals surface area contributed by atoms with Crippen molar-refractivity contribution >= 4 is 23.5 Å². The molecular formula is C26H28IN3O. The summed E-state index contributed by atoms with van der Waals surface area (Å²) in [7, 11) is 5.82. The quantitative estimate of drug-likeness (QED) is 0.285. The summed E-state index contributed by atoms with van der Waals surface area (Å²) < 4.78 is 9.92. The molecule has 0 aliphatic carbocycles. The van der Waals surface area contributed by atoms with Gasteiger partial charge in [0, 0.05) is 31.4 Å². The molecule has 2 heterocycles. The zero-order valence-electron chi connectivity index (χ0n) is 18.4. The van der Waals surface area contributed by atoms with Crippen LogP contribution in [0.3, 0.4) is 0 Å². The number of ether oxygens (including phenoxy) is 1. The third-order valence-electron chi connectivity index (χ3n) is 5.38. The Labute approximate surface area is 201 Å². The maximum Gasteiger partial charge on any atom is 0.287 e. The van der Waals surface area contributed by atoms with E-state index in [-0.39, 0.29) is 24.0 Å². The summed E-state index contributed by atoms with van der Waals surface area (Å²) in [5, 5.41) is 0. The highest BCUT2D eigenvalue weighted by molar-refractivity contribution is 5.72. The number of anilines is 1. The Hall–Kier alpha value is -2.80. The van der Waals surface area contributed by atoms with Gasteiger partial charge in [-0.15, -0.1) is 0 Å². The van der Waals surface area contributed by atoms with Crippen LogP contribution in [0.25, 0.3) is 29.1 Å². The zero-order valence-corrected chi connectivity index (χ0v) is 20.6. The Morgan fingerprint density at radius 1 is 0.968 bits per heavy atom. The zero-order chi connectivity index (χ0) is 21.1. The topological polar surface area (TPSA) is 21.5 Å². The standard InChI is InChI=1S/C26H28N3O.HI/c1-5-29-25(22-7-6-8-24(18-22)30-4)19-28-16-15-21(17-26(28)29)10-9-20-11-13-23(14-12-20)27(2)3;/h6-19H,5H2,1-4H3;1H/q+1;/p-1. The first-order valence-electron chi connectivity index (χ1n) is 10.2. The van der Waals surface area contributed by atoms with Gasteiger partial charge < -0.3 is 33.6 Å². The van der Waals surface area contributed by atoms with E-state index in [2.05, 4.69) is 108 Å². The first-order chi connectivity index (χ1) is 14.6. The number of aryl methyl sites for hydroxylation is 1. The Bertz CT molecular complexity index is 1190. The van der Waals surface area contributed by atoms with Crippen LogP contribution >= 0.6 is 0 Å². The van der Waals surface area contributed by atoms with E-state index in [0.29, 0.717) is 0 Å². The van der Waals surface area contributed by atoms with Crippen LogP contribution in [0.1, 0.15) is 18.1 Å². The van der Waals surface area contributed by atoms with E-state index in [0.717, 1.165) is 17.9 Å². The average Bonchev–Trinajstić information content (AvgIpc) is 3.16. The number of hydrogen-bond donors (Lipinski definition) is 0. The third kappa shape index (κ3) is 4.93. The summed E-state index contributed by atoms with van der Waals surface area (Å²) in [5.74, 6) is 0.870. The van der Waals surface area contributed by atoms with Crippen LogP contribution in [0.2, 0.25) is 0 Å². The van der Waals surface area contributed by atoms with Gasteiger partial charge in [0.1, 0.15) is 11.9 Å². The van der Waals surface area contributed by atoms with Gasteiger partial charge in [-0.1, -0.05) is 36.4 Å². The Kier molecular flexibility index (Phi) is 7.38. The summed E-state index contributed by atoms with van der Waals surface area (Å²) in [5.41, 5.74) is 7.07. The van der Waals surface area contributed by atoms with E-state index in [1.807, 2.05) is 12.1 Å². The fraction of sp³-hybridized carbons (Fsp3) is 0.192. The van der Waals surface area contributed by atoms with Crippen LogP contribution in [-0.4, -0.2) is 25.8 Å². The molecule has 31 heavy (non-hydrogen) atoms. The van der Waals surface area contributed by atoms with Gasteiger partial charge >= 0.3 is 0 Å². The van der Waals surface area contributed by atoms with E-state index in [4.69, 9.17) is 4.74 Å². The molecule has 0 saturated heterocycles. The minimum atomic E-state index is 0. The van der Waals surface area contributed by atoms with Gasteiger partial charge in [0.15, 0.2) is 5.69 Å². The van der Waals surface area contributed by atoms with E-state index in [1.165, 1.54) is 28.2 Å². The highest BCUT2D eigenvalue weighted by Crippen LogP contribution is 2.25. The van der Waals surface area contributed by atoms with Gasteiger partial charge in [0.2, 0.25) is 0 Å². The Morgan fingerprint density at radius 3 is 2.39 bits per heavy atom. The molecule has 160 valence electrons. The van der Waals surface area contributed by atoms with Crippen LogP contribution in [-0.2, 0) is 6.54 Å². The van der Waals surface area contributed by atoms with Crippen molar-refractivity contribution in [2.24, 2.45) is 0 Å². The lowest BCUT2D eigenvalue weighted by Crippen LogP contribution is -3.00. The molecule has 0 fully saturated rings. The summed E-state index contributed by atoms with van der Waals surface area (Å²) in [6.07, 6.45) is 8.64. The van der Waals surface area contributed by atoms with Crippen LogP contribution in [0, 0.1) is 0 Å². The Balaban J connectivity index is 0.00000272. The van der Waals surface area contributed by atoms with Crippen molar-refractivity contribution in [1.82, 2.24) is 4.57 Å². The number of benzene rings is 2. The fourth-order valence-electron chi connectivity index (χ4n) is 3.69. The van der Waals surface area contributed by atoms with Crippen LogP contribution < -0.4 is 38.0 Å². The number of rotatable bonds is 6. The molecule has 0 aliphatic rings. The molecule has 0 bridgehead atoms. The summed E-state index contributed by atoms with van der Waals surface area (Å²) in [4.78, 5) is 2.11. The molecular weight excluding hydrogens is 497 g/mol. The second-order valence-electron chi connectivity index (χ2n) is 7.54. The van der Waals surface area contributed by atoms with Gasteiger partial charge in [0.25, 0.3) is 5.65 Å². The maximum atomic E-state index is 5.41. The molecule has 4 aromatic rings. The predicted octanol–water partition coefficient (Wildman–Crippen LogP) is 2.16. The first kappa shape index (κ1) is 22.9. The van der Waals surface area contributed by atoms with E-state index in [9.17, 15) is 0 Å². The predicted molar refractivity (Wildman–Crippen MR) is 125 cm³/mol. The lowest BCUT2D eigenvalue weighted by molar-refractivity contribution is -0.510. The van der Waals surface area contributed by atoms with Gasteiger partial charge in [-0.3, -0.25) is 0 Å². The Morgan fingerprint density at radius 2 is 1.71 bits per heavy atom. The molecule has 0 amide bonds. The van der Waals surface area contributed by atoms with Crippen molar-refractivity contribution < 1.29 is 33.1 Å². The van der Waals surface area contributed by atoms with Gasteiger partial charge in [0.05, 0.1) is 19.9 Å². The smallest absolute Gasteiger partial charge is 0.287 e. The van der Waals surface area contributed by atoms with Crippen molar-refractivity contribution in [1.29, 1.82) is 0 Å². The lowest BCUT2D eigenvalue weighted by atomic mass is 10.1. The van der Waals surface area contributed by atoms with Crippen molar-refractivity contribution in [2.75, 3.05) is 26.1 Å². The van der Waals surface area contributed by atoms with Crippen molar-refractivity contribution in [3.63, 3.8) is 0 Å².